The highest BCUT2D eigenvalue weighted by Crippen LogP contribution is 2.32. The summed E-state index contributed by atoms with van der Waals surface area (Å²) in [4.78, 5) is 15.0. The van der Waals surface area contributed by atoms with Crippen LogP contribution < -0.4 is 9.64 Å². The molecule has 0 unspecified atom stereocenters. The van der Waals surface area contributed by atoms with E-state index in [0.29, 0.717) is 49.7 Å². The zero-order valence-electron chi connectivity index (χ0n) is 16.7. The molecule has 0 saturated carbocycles. The van der Waals surface area contributed by atoms with Crippen LogP contribution in [0.4, 0.5) is 11.4 Å². The average molecular weight is 436 g/mol. The zero-order valence-corrected chi connectivity index (χ0v) is 17.5. The molecule has 1 aliphatic rings. The van der Waals surface area contributed by atoms with Crippen molar-refractivity contribution < 1.29 is 23.2 Å². The third-order valence-corrected chi connectivity index (χ3v) is 6.81. The summed E-state index contributed by atoms with van der Waals surface area (Å²) in [5, 5.41) is 20.7. The number of piperazine rings is 1. The molecule has 1 saturated heterocycles. The molecule has 1 aliphatic heterocycles. The number of ether oxygens (including phenoxy) is 1. The Balaban J connectivity index is 1.84. The van der Waals surface area contributed by atoms with Crippen molar-refractivity contribution >= 4 is 21.2 Å². The molecule has 2 aromatic rings. The first-order valence-electron chi connectivity index (χ1n) is 9.56. The van der Waals surface area contributed by atoms with E-state index in [9.17, 15) is 18.5 Å². The number of benzene rings is 2. The SMILES string of the molecule is COc1cccc(CS(=O)(=O)c2ccc(N3CCN(CCO)CC3)c([N+](=O)[O-])c2)c1. The van der Waals surface area contributed by atoms with Crippen molar-refractivity contribution in [1.82, 2.24) is 4.90 Å². The number of methoxy groups -OCH3 is 1. The number of aliphatic hydroxyl groups excluding tert-OH is 1. The van der Waals surface area contributed by atoms with E-state index in [1.54, 1.807) is 24.3 Å². The third-order valence-electron chi connectivity index (χ3n) is 5.12. The summed E-state index contributed by atoms with van der Waals surface area (Å²) in [7, 11) is -2.27. The van der Waals surface area contributed by atoms with Crippen LogP contribution in [0, 0.1) is 10.1 Å². The molecule has 3 rings (SSSR count). The normalized spacial score (nSPS) is 15.2. The number of rotatable bonds is 8. The Hall–Kier alpha value is -2.69. The number of aliphatic hydroxyl groups is 1. The van der Waals surface area contributed by atoms with Crippen LogP contribution in [0.25, 0.3) is 0 Å². The number of nitro benzene ring substituents is 1. The van der Waals surface area contributed by atoms with Crippen LogP contribution in [0.5, 0.6) is 5.75 Å². The predicted molar refractivity (Wildman–Crippen MR) is 113 cm³/mol. The van der Waals surface area contributed by atoms with Crippen LogP contribution >= 0.6 is 0 Å². The van der Waals surface area contributed by atoms with Crippen molar-refractivity contribution in [2.75, 3.05) is 51.3 Å². The lowest BCUT2D eigenvalue weighted by atomic mass is 10.2. The Morgan fingerprint density at radius 2 is 1.87 bits per heavy atom. The van der Waals surface area contributed by atoms with Crippen molar-refractivity contribution in [3.05, 3.63) is 58.1 Å². The molecule has 9 nitrogen and oxygen atoms in total. The zero-order chi connectivity index (χ0) is 21.7. The smallest absolute Gasteiger partial charge is 0.293 e. The Labute approximate surface area is 175 Å². The maximum atomic E-state index is 12.9. The summed E-state index contributed by atoms with van der Waals surface area (Å²) < 4.78 is 30.9. The molecule has 0 atom stereocenters. The van der Waals surface area contributed by atoms with Gasteiger partial charge in [0, 0.05) is 38.8 Å². The second-order valence-electron chi connectivity index (χ2n) is 7.07. The van der Waals surface area contributed by atoms with Gasteiger partial charge in [-0.2, -0.15) is 0 Å². The van der Waals surface area contributed by atoms with Crippen molar-refractivity contribution in [1.29, 1.82) is 0 Å². The van der Waals surface area contributed by atoms with E-state index in [2.05, 4.69) is 4.90 Å². The number of hydrogen-bond donors (Lipinski definition) is 1. The fraction of sp³-hybridized carbons (Fsp3) is 0.400. The Morgan fingerprint density at radius 3 is 2.50 bits per heavy atom. The molecule has 0 spiro atoms. The van der Waals surface area contributed by atoms with Gasteiger partial charge in [-0.15, -0.1) is 0 Å². The molecule has 30 heavy (non-hydrogen) atoms. The van der Waals surface area contributed by atoms with Gasteiger partial charge in [0.25, 0.3) is 5.69 Å². The van der Waals surface area contributed by atoms with E-state index in [1.165, 1.54) is 19.2 Å². The van der Waals surface area contributed by atoms with E-state index >= 15 is 0 Å². The molecule has 1 N–H and O–H groups in total. The molecule has 0 radical (unpaired) electrons. The minimum Gasteiger partial charge on any atom is -0.497 e. The maximum absolute atomic E-state index is 12.9. The molecule has 0 aromatic heterocycles. The highest BCUT2D eigenvalue weighted by atomic mass is 32.2. The molecular weight excluding hydrogens is 410 g/mol. The summed E-state index contributed by atoms with van der Waals surface area (Å²) >= 11 is 0. The molecule has 1 heterocycles. The van der Waals surface area contributed by atoms with Crippen molar-refractivity contribution in [2.45, 2.75) is 10.6 Å². The highest BCUT2D eigenvalue weighted by Gasteiger charge is 2.26. The summed E-state index contributed by atoms with van der Waals surface area (Å²) in [5.74, 6) is 0.268. The van der Waals surface area contributed by atoms with Gasteiger partial charge in [0.2, 0.25) is 0 Å². The van der Waals surface area contributed by atoms with Crippen molar-refractivity contribution in [3.8, 4) is 5.75 Å². The van der Waals surface area contributed by atoms with Crippen LogP contribution in [0.3, 0.4) is 0 Å². The van der Waals surface area contributed by atoms with Crippen molar-refractivity contribution in [2.24, 2.45) is 0 Å². The molecule has 10 heteroatoms. The Bertz CT molecular complexity index is 1000. The first-order chi connectivity index (χ1) is 14.3. The lowest BCUT2D eigenvalue weighted by Crippen LogP contribution is -2.47. The highest BCUT2D eigenvalue weighted by molar-refractivity contribution is 7.90. The van der Waals surface area contributed by atoms with E-state index in [-0.39, 0.29) is 22.9 Å². The Morgan fingerprint density at radius 1 is 1.13 bits per heavy atom. The van der Waals surface area contributed by atoms with Gasteiger partial charge in [-0.3, -0.25) is 15.0 Å². The topological polar surface area (TPSA) is 113 Å². The van der Waals surface area contributed by atoms with Crippen LogP contribution in [0.1, 0.15) is 5.56 Å². The van der Waals surface area contributed by atoms with Gasteiger partial charge in [-0.05, 0) is 29.8 Å². The molecule has 0 amide bonds. The number of anilines is 1. The fourth-order valence-corrected chi connectivity index (χ4v) is 4.88. The number of β-amino-alcohol motifs (C(OH)–C–C–N with tert-alkyl or cyclic N) is 1. The lowest BCUT2D eigenvalue weighted by Gasteiger charge is -2.35. The first kappa shape index (κ1) is 22.0. The largest absolute Gasteiger partial charge is 0.497 e. The quantitative estimate of drug-likeness (QED) is 0.492. The fourth-order valence-electron chi connectivity index (χ4n) is 3.53. The standard InChI is InChI=1S/C20H25N3O6S/c1-29-17-4-2-3-16(13-17)15-30(27,28)18-5-6-19(20(14-18)23(25)26)22-9-7-21(8-10-22)11-12-24/h2-6,13-14,24H,7-12,15H2,1H3. The minimum atomic E-state index is -3.77. The van der Waals surface area contributed by atoms with Gasteiger partial charge in [-0.1, -0.05) is 12.1 Å². The van der Waals surface area contributed by atoms with Crippen molar-refractivity contribution in [3.63, 3.8) is 0 Å². The lowest BCUT2D eigenvalue weighted by molar-refractivity contribution is -0.384. The summed E-state index contributed by atoms with van der Waals surface area (Å²) in [6, 6.07) is 10.8. The van der Waals surface area contributed by atoms with Gasteiger partial charge in [-0.25, -0.2) is 8.42 Å². The summed E-state index contributed by atoms with van der Waals surface area (Å²) in [6.45, 7) is 3.12. The van der Waals surface area contributed by atoms with Crippen LogP contribution in [-0.2, 0) is 15.6 Å². The van der Waals surface area contributed by atoms with Gasteiger partial charge >= 0.3 is 0 Å². The van der Waals surface area contributed by atoms with Crippen LogP contribution in [0.2, 0.25) is 0 Å². The number of sulfone groups is 1. The maximum Gasteiger partial charge on any atom is 0.293 e. The number of nitrogens with zero attached hydrogens (tertiary/aromatic N) is 3. The second kappa shape index (κ2) is 9.41. The van der Waals surface area contributed by atoms with Crippen LogP contribution in [-0.4, -0.2) is 69.8 Å². The minimum absolute atomic E-state index is 0.0694. The number of hydrogen-bond acceptors (Lipinski definition) is 8. The third kappa shape index (κ3) is 5.07. The van der Waals surface area contributed by atoms with Gasteiger partial charge in [0.1, 0.15) is 11.4 Å². The van der Waals surface area contributed by atoms with Crippen LogP contribution in [0.15, 0.2) is 47.4 Å². The van der Waals surface area contributed by atoms with Gasteiger partial charge < -0.3 is 14.7 Å². The van der Waals surface area contributed by atoms with E-state index in [1.807, 2.05) is 4.90 Å². The van der Waals surface area contributed by atoms with E-state index < -0.39 is 14.8 Å². The van der Waals surface area contributed by atoms with Gasteiger partial charge in [0.05, 0.1) is 29.3 Å². The molecule has 1 fully saturated rings. The predicted octanol–water partition coefficient (Wildman–Crippen LogP) is 1.69. The average Bonchev–Trinajstić information content (AvgIpc) is 2.74. The van der Waals surface area contributed by atoms with Gasteiger partial charge in [0.15, 0.2) is 9.84 Å². The number of nitro groups is 1. The molecular formula is C20H25N3O6S. The molecule has 162 valence electrons. The van der Waals surface area contributed by atoms with E-state index in [4.69, 9.17) is 9.84 Å². The summed E-state index contributed by atoms with van der Waals surface area (Å²) in [6.07, 6.45) is 0. The first-order valence-corrected chi connectivity index (χ1v) is 11.2. The second-order valence-corrected chi connectivity index (χ2v) is 9.06. The molecule has 0 aliphatic carbocycles. The summed E-state index contributed by atoms with van der Waals surface area (Å²) in [5.41, 5.74) is 0.724. The molecule has 2 aromatic carbocycles. The molecule has 0 bridgehead atoms. The Kier molecular flexibility index (Phi) is 6.91. The monoisotopic (exact) mass is 435 g/mol. The van der Waals surface area contributed by atoms with E-state index in [0.717, 1.165) is 6.07 Å².